The van der Waals surface area contributed by atoms with Crippen molar-refractivity contribution in [3.63, 3.8) is 0 Å². The molecule has 0 atom stereocenters. The van der Waals surface area contributed by atoms with Crippen LogP contribution in [0.4, 0.5) is 4.79 Å². The molecular formula is C31H34Br2N4O6. The Morgan fingerprint density at radius 1 is 0.791 bits per heavy atom. The van der Waals surface area contributed by atoms with Crippen LogP contribution in [0.15, 0.2) is 45.3 Å². The Hall–Kier alpha value is -3.09. The third kappa shape index (κ3) is 8.96. The topological polar surface area (TPSA) is 126 Å². The maximum absolute atomic E-state index is 11.5. The van der Waals surface area contributed by atoms with E-state index in [1.807, 2.05) is 36.4 Å². The molecule has 2 aromatic carbocycles. The second-order valence-corrected chi connectivity index (χ2v) is 13.2. The highest BCUT2D eigenvalue weighted by atomic mass is 79.9. The van der Waals surface area contributed by atoms with E-state index in [2.05, 4.69) is 51.8 Å². The molecule has 0 bridgehead atoms. The first-order valence-electron chi connectivity index (χ1n) is 14.3. The lowest BCUT2D eigenvalue weighted by molar-refractivity contribution is -0.0115. The van der Waals surface area contributed by atoms with Crippen molar-refractivity contribution in [3.8, 4) is 11.8 Å². The number of rotatable bonds is 9. The summed E-state index contributed by atoms with van der Waals surface area (Å²) in [6.45, 7) is 5.88. The summed E-state index contributed by atoms with van der Waals surface area (Å²) in [5.41, 5.74) is 1.16. The average Bonchev–Trinajstić information content (AvgIpc) is 3.86. The third-order valence-electron chi connectivity index (χ3n) is 6.43. The molecule has 2 saturated carbocycles. The van der Waals surface area contributed by atoms with E-state index < -0.39 is 11.8 Å². The number of fused-ring (bicyclic) bond motifs is 2. The summed E-state index contributed by atoms with van der Waals surface area (Å²) in [4.78, 5) is 29.8. The van der Waals surface area contributed by atoms with E-state index in [1.165, 1.54) is 0 Å². The first kappa shape index (κ1) is 31.3. The van der Waals surface area contributed by atoms with Gasteiger partial charge in [0.25, 0.3) is 0 Å². The summed E-state index contributed by atoms with van der Waals surface area (Å²) in [5.74, 6) is 3.66. The summed E-state index contributed by atoms with van der Waals surface area (Å²) in [6, 6.07) is 11.7. The summed E-state index contributed by atoms with van der Waals surface area (Å²) >= 11 is 6.89. The van der Waals surface area contributed by atoms with Gasteiger partial charge < -0.3 is 24.1 Å². The molecule has 10 nitrogen and oxygen atoms in total. The summed E-state index contributed by atoms with van der Waals surface area (Å²) < 4.78 is 23.3. The lowest BCUT2D eigenvalue weighted by Gasteiger charge is -2.18. The molecule has 228 valence electrons. The van der Waals surface area contributed by atoms with E-state index in [4.69, 9.17) is 24.1 Å². The Morgan fingerprint density at radius 2 is 1.28 bits per heavy atom. The van der Waals surface area contributed by atoms with Crippen LogP contribution >= 0.6 is 31.9 Å². The molecular weight excluding hydrogens is 684 g/mol. The molecule has 2 aliphatic rings. The molecule has 4 aromatic rings. The molecule has 6 rings (SSSR count). The quantitative estimate of drug-likeness (QED) is 0.140. The van der Waals surface area contributed by atoms with Crippen molar-refractivity contribution in [3.05, 3.63) is 57.0 Å². The second kappa shape index (κ2) is 13.7. The lowest BCUT2D eigenvalue weighted by Crippen LogP contribution is -2.25. The minimum atomic E-state index is -0.704. The summed E-state index contributed by atoms with van der Waals surface area (Å²) in [5, 5.41) is 10.6. The number of hydrogen-bond acceptors (Lipinski definition) is 10. The highest BCUT2D eigenvalue weighted by Gasteiger charge is 2.29. The average molecular weight is 718 g/mol. The highest BCUT2D eigenvalue weighted by Crippen LogP contribution is 2.41. The maximum atomic E-state index is 11.5. The molecule has 1 N–H and O–H groups in total. The molecule has 0 aliphatic heterocycles. The van der Waals surface area contributed by atoms with Gasteiger partial charge in [-0.1, -0.05) is 31.9 Å². The predicted molar refractivity (Wildman–Crippen MR) is 169 cm³/mol. The molecule has 0 spiro atoms. The van der Waals surface area contributed by atoms with E-state index in [9.17, 15) is 4.79 Å². The fourth-order valence-corrected chi connectivity index (χ4v) is 4.86. The maximum Gasteiger partial charge on any atom is 0.508 e. The van der Waals surface area contributed by atoms with Gasteiger partial charge in [0.2, 0.25) is 11.8 Å². The minimum absolute atomic E-state index is 0.0156. The van der Waals surface area contributed by atoms with Crippen LogP contribution in [0.5, 0.6) is 11.8 Å². The third-order valence-corrected chi connectivity index (χ3v) is 7.41. The lowest BCUT2D eigenvalue weighted by atomic mass is 10.2. The fraction of sp³-hybridized carbons (Fsp3) is 0.452. The van der Waals surface area contributed by atoms with Crippen LogP contribution in [0.2, 0.25) is 0 Å². The van der Waals surface area contributed by atoms with E-state index in [1.54, 1.807) is 20.8 Å². The van der Waals surface area contributed by atoms with Gasteiger partial charge in [0.05, 0.1) is 28.4 Å². The van der Waals surface area contributed by atoms with Gasteiger partial charge in [0.1, 0.15) is 37.1 Å². The van der Waals surface area contributed by atoms with Gasteiger partial charge in [-0.25, -0.2) is 14.8 Å². The zero-order valence-corrected chi connectivity index (χ0v) is 27.5. The van der Waals surface area contributed by atoms with Crippen molar-refractivity contribution in [2.24, 2.45) is 0 Å². The van der Waals surface area contributed by atoms with Gasteiger partial charge in [-0.15, -0.1) is 0 Å². The number of benzene rings is 2. The van der Waals surface area contributed by atoms with Crippen molar-refractivity contribution in [2.45, 2.75) is 63.9 Å². The standard InChI is InChI=1S/C18H21BrN2O4.C13H13BrN2O2/c1-18(2,3)25-17(22)24-9-8-23-16-13-10-12(19)6-7-14(13)20-15(21-16)11-4-5-11;14-9-3-4-11-10(7-9)13(18-6-5-17)16-12(15-11)8-1-2-8/h6-7,10-11H,4-5,8-9H2,1-3H3;3-4,7-8,17H,1-2,5-6H2. The monoisotopic (exact) mass is 716 g/mol. The van der Waals surface area contributed by atoms with Crippen molar-refractivity contribution in [1.29, 1.82) is 0 Å². The summed E-state index contributed by atoms with van der Waals surface area (Å²) in [7, 11) is 0. The minimum Gasteiger partial charge on any atom is -0.475 e. The van der Waals surface area contributed by atoms with Gasteiger partial charge in [0, 0.05) is 20.8 Å². The van der Waals surface area contributed by atoms with E-state index in [0.29, 0.717) is 23.6 Å². The first-order valence-corrected chi connectivity index (χ1v) is 15.8. The molecule has 0 amide bonds. The number of aromatic nitrogens is 4. The molecule has 2 aliphatic carbocycles. The van der Waals surface area contributed by atoms with Gasteiger partial charge >= 0.3 is 6.16 Å². The van der Waals surface area contributed by atoms with Crippen LogP contribution in [-0.4, -0.2) is 63.2 Å². The number of carbonyl (C=O) groups excluding carboxylic acids is 1. The Balaban J connectivity index is 0.000000180. The second-order valence-electron chi connectivity index (χ2n) is 11.4. The SMILES string of the molecule is CC(C)(C)OC(=O)OCCOc1nc(C2CC2)nc2ccc(Br)cc12.OCCOc1nc(C2CC2)nc2ccc(Br)cc12. The van der Waals surface area contributed by atoms with Gasteiger partial charge in [-0.05, 0) is 82.9 Å². The van der Waals surface area contributed by atoms with E-state index in [0.717, 1.165) is 68.1 Å². The largest absolute Gasteiger partial charge is 0.508 e. The first-order chi connectivity index (χ1) is 20.6. The fourth-order valence-electron chi connectivity index (χ4n) is 4.13. The number of carbonyl (C=O) groups is 1. The normalized spacial score (nSPS) is 14.7. The molecule has 2 fully saturated rings. The summed E-state index contributed by atoms with van der Waals surface area (Å²) in [6.07, 6.45) is 3.83. The Kier molecular flexibility index (Phi) is 9.98. The number of hydrogen-bond donors (Lipinski definition) is 1. The van der Waals surface area contributed by atoms with Crippen molar-refractivity contribution in [1.82, 2.24) is 19.9 Å². The molecule has 0 radical (unpaired) electrons. The van der Waals surface area contributed by atoms with E-state index in [-0.39, 0.29) is 26.4 Å². The van der Waals surface area contributed by atoms with Crippen molar-refractivity contribution < 1.29 is 28.8 Å². The van der Waals surface area contributed by atoms with Crippen LogP contribution < -0.4 is 9.47 Å². The Morgan fingerprint density at radius 3 is 1.72 bits per heavy atom. The molecule has 43 heavy (non-hydrogen) atoms. The highest BCUT2D eigenvalue weighted by molar-refractivity contribution is 9.10. The van der Waals surface area contributed by atoms with Crippen LogP contribution in [0.25, 0.3) is 21.8 Å². The van der Waals surface area contributed by atoms with Crippen molar-refractivity contribution in [2.75, 3.05) is 26.4 Å². The Labute approximate surface area is 266 Å². The van der Waals surface area contributed by atoms with Crippen LogP contribution in [-0.2, 0) is 9.47 Å². The number of nitrogens with zero attached hydrogens (tertiary/aromatic N) is 4. The zero-order chi connectivity index (χ0) is 30.6. The number of ether oxygens (including phenoxy) is 4. The predicted octanol–water partition coefficient (Wildman–Crippen LogP) is 7.24. The van der Waals surface area contributed by atoms with Gasteiger partial charge in [0.15, 0.2) is 0 Å². The van der Waals surface area contributed by atoms with Crippen LogP contribution in [0, 0.1) is 0 Å². The molecule has 2 aromatic heterocycles. The Bertz CT molecular complexity index is 1610. The number of aliphatic hydroxyl groups is 1. The number of aliphatic hydroxyl groups excluding tert-OH is 1. The zero-order valence-electron chi connectivity index (χ0n) is 24.3. The van der Waals surface area contributed by atoms with Gasteiger partial charge in [-0.3, -0.25) is 0 Å². The van der Waals surface area contributed by atoms with Gasteiger partial charge in [-0.2, -0.15) is 9.97 Å². The molecule has 12 heteroatoms. The smallest absolute Gasteiger partial charge is 0.475 e. The van der Waals surface area contributed by atoms with E-state index >= 15 is 0 Å². The van der Waals surface area contributed by atoms with Crippen molar-refractivity contribution >= 4 is 59.8 Å². The molecule has 0 unspecified atom stereocenters. The number of halogens is 2. The molecule has 2 heterocycles. The van der Waals surface area contributed by atoms with Crippen LogP contribution in [0.1, 0.15) is 69.9 Å². The molecule has 0 saturated heterocycles. The van der Waals surface area contributed by atoms with Crippen LogP contribution in [0.3, 0.4) is 0 Å².